The Kier molecular flexibility index (Phi) is 8.42. The fraction of sp³-hybridized carbons (Fsp3) is 0.481. The minimum atomic E-state index is -4.46. The number of ketones is 1. The van der Waals surface area contributed by atoms with E-state index in [1.54, 1.807) is 20.0 Å². The number of alkyl halides is 3. The van der Waals surface area contributed by atoms with Crippen molar-refractivity contribution in [2.24, 2.45) is 0 Å². The molecule has 0 aliphatic heterocycles. The summed E-state index contributed by atoms with van der Waals surface area (Å²) in [6.45, 7) is 8.35. The quantitative estimate of drug-likeness (QED) is 0.408. The van der Waals surface area contributed by atoms with Crippen molar-refractivity contribution in [2.45, 2.75) is 70.5 Å². The van der Waals surface area contributed by atoms with E-state index < -0.39 is 24.2 Å². The molecule has 0 spiro atoms. The molecular formula is C27H33F3N4O3. The lowest BCUT2D eigenvalue weighted by atomic mass is 9.86. The van der Waals surface area contributed by atoms with E-state index in [4.69, 9.17) is 4.74 Å². The minimum Gasteiger partial charge on any atom is -0.483 e. The lowest BCUT2D eigenvalue weighted by molar-refractivity contribution is -0.153. The molecule has 7 nitrogen and oxygen atoms in total. The SMILES string of the molecule is CC(C)(C)c1ccc(CC(=O)C[C@@H](c2ccc(OCC(F)(F)F)cn2)c2cn(C(C)(C)CO)nn2)cc1. The van der Waals surface area contributed by atoms with Crippen LogP contribution in [0.3, 0.4) is 0 Å². The number of rotatable bonds is 10. The molecule has 0 amide bonds. The topological polar surface area (TPSA) is 90.1 Å². The van der Waals surface area contributed by atoms with Crippen molar-refractivity contribution in [3.8, 4) is 5.75 Å². The van der Waals surface area contributed by atoms with Crippen molar-refractivity contribution in [1.82, 2.24) is 20.0 Å². The van der Waals surface area contributed by atoms with Crippen LogP contribution in [0.4, 0.5) is 13.2 Å². The second-order valence-corrected chi connectivity index (χ2v) is 10.8. The zero-order valence-corrected chi connectivity index (χ0v) is 21.7. The van der Waals surface area contributed by atoms with Gasteiger partial charge in [-0.05, 0) is 42.5 Å². The third kappa shape index (κ3) is 7.85. The number of carbonyl (C=O) groups excluding carboxylic acids is 1. The van der Waals surface area contributed by atoms with E-state index in [1.165, 1.54) is 28.6 Å². The first-order valence-corrected chi connectivity index (χ1v) is 12.0. The van der Waals surface area contributed by atoms with Crippen molar-refractivity contribution in [3.63, 3.8) is 0 Å². The summed E-state index contributed by atoms with van der Waals surface area (Å²) >= 11 is 0. The van der Waals surface area contributed by atoms with Gasteiger partial charge in [0.05, 0.1) is 35.6 Å². The van der Waals surface area contributed by atoms with E-state index in [2.05, 4.69) is 36.1 Å². The van der Waals surface area contributed by atoms with Crippen LogP contribution in [0.25, 0.3) is 0 Å². The van der Waals surface area contributed by atoms with Gasteiger partial charge in [0.25, 0.3) is 0 Å². The number of pyridine rings is 1. The van der Waals surface area contributed by atoms with E-state index in [0.29, 0.717) is 11.4 Å². The maximum Gasteiger partial charge on any atom is 0.422 e. The first-order chi connectivity index (χ1) is 17.2. The second-order valence-electron chi connectivity index (χ2n) is 10.8. The van der Waals surface area contributed by atoms with E-state index in [0.717, 1.165) is 5.56 Å². The Labute approximate surface area is 214 Å². The van der Waals surface area contributed by atoms with Crippen LogP contribution in [0.1, 0.15) is 69.5 Å². The lowest BCUT2D eigenvalue weighted by Gasteiger charge is -2.21. The van der Waals surface area contributed by atoms with Crippen LogP contribution in [0, 0.1) is 0 Å². The number of ether oxygens (including phenoxy) is 1. The number of aromatic nitrogens is 4. The van der Waals surface area contributed by atoms with Crippen LogP contribution in [0.5, 0.6) is 5.75 Å². The van der Waals surface area contributed by atoms with Crippen LogP contribution in [0.15, 0.2) is 48.8 Å². The Bertz CT molecular complexity index is 1180. The Morgan fingerprint density at radius 2 is 1.70 bits per heavy atom. The van der Waals surface area contributed by atoms with Crippen LogP contribution in [-0.4, -0.2) is 50.3 Å². The van der Waals surface area contributed by atoms with Gasteiger partial charge in [-0.2, -0.15) is 13.2 Å². The fourth-order valence-corrected chi connectivity index (χ4v) is 3.66. The van der Waals surface area contributed by atoms with Crippen molar-refractivity contribution in [3.05, 3.63) is 71.3 Å². The molecule has 3 aromatic rings. The van der Waals surface area contributed by atoms with E-state index in [1.807, 2.05) is 24.3 Å². The number of carbonyl (C=O) groups is 1. The highest BCUT2D eigenvalue weighted by molar-refractivity contribution is 5.82. The van der Waals surface area contributed by atoms with Crippen LogP contribution < -0.4 is 4.74 Å². The fourth-order valence-electron chi connectivity index (χ4n) is 3.66. The predicted octanol–water partition coefficient (Wildman–Crippen LogP) is 4.97. The summed E-state index contributed by atoms with van der Waals surface area (Å²) < 4.78 is 43.7. The monoisotopic (exact) mass is 518 g/mol. The van der Waals surface area contributed by atoms with Crippen molar-refractivity contribution in [1.29, 1.82) is 0 Å². The highest BCUT2D eigenvalue weighted by Crippen LogP contribution is 2.29. The Morgan fingerprint density at radius 3 is 2.24 bits per heavy atom. The molecule has 0 fully saturated rings. The smallest absolute Gasteiger partial charge is 0.422 e. The van der Waals surface area contributed by atoms with E-state index >= 15 is 0 Å². The number of aliphatic hydroxyl groups excluding tert-OH is 1. The molecule has 10 heteroatoms. The van der Waals surface area contributed by atoms with Gasteiger partial charge in [-0.1, -0.05) is 50.3 Å². The molecular weight excluding hydrogens is 485 g/mol. The van der Waals surface area contributed by atoms with Gasteiger partial charge in [-0.25, -0.2) is 4.68 Å². The summed E-state index contributed by atoms with van der Waals surface area (Å²) in [5.74, 6) is -0.667. The summed E-state index contributed by atoms with van der Waals surface area (Å²) in [5.41, 5.74) is 2.26. The van der Waals surface area contributed by atoms with Gasteiger partial charge in [-0.3, -0.25) is 9.78 Å². The Morgan fingerprint density at radius 1 is 1.03 bits per heavy atom. The molecule has 0 bridgehead atoms. The van der Waals surface area contributed by atoms with Crippen molar-refractivity contribution < 1.29 is 27.8 Å². The standard InChI is InChI=1S/C27H33F3N4O3/c1-25(2,3)19-8-6-18(7-9-19)12-20(36)13-22(24-15-34(33-32-24)26(4,5)16-35)23-11-10-21(14-31-23)37-17-27(28,29)30/h6-11,14-15,22,35H,12-13,16-17H2,1-5H3/t22-/m0/s1. The number of hydrogen-bond acceptors (Lipinski definition) is 6. The van der Waals surface area contributed by atoms with Gasteiger partial charge in [0.2, 0.25) is 0 Å². The average molecular weight is 519 g/mol. The molecule has 0 unspecified atom stereocenters. The average Bonchev–Trinajstić information content (AvgIpc) is 3.32. The molecule has 0 aliphatic carbocycles. The van der Waals surface area contributed by atoms with Crippen molar-refractivity contribution in [2.75, 3.05) is 13.2 Å². The molecule has 2 heterocycles. The number of nitrogens with zero attached hydrogens (tertiary/aromatic N) is 4. The van der Waals surface area contributed by atoms with Crippen molar-refractivity contribution >= 4 is 5.78 Å². The molecule has 2 aromatic heterocycles. The summed E-state index contributed by atoms with van der Waals surface area (Å²) in [6, 6.07) is 10.8. The van der Waals surface area contributed by atoms with Crippen LogP contribution >= 0.6 is 0 Å². The summed E-state index contributed by atoms with van der Waals surface area (Å²) in [6.07, 6.45) is -1.33. The molecule has 1 atom stereocenters. The third-order valence-electron chi connectivity index (χ3n) is 6.05. The number of Topliss-reactive ketones (excluding diaryl/α,β-unsaturated/α-hetero) is 1. The lowest BCUT2D eigenvalue weighted by Crippen LogP contribution is -2.31. The van der Waals surface area contributed by atoms with Gasteiger partial charge in [0, 0.05) is 19.0 Å². The van der Waals surface area contributed by atoms with Gasteiger partial charge in [0.1, 0.15) is 11.5 Å². The van der Waals surface area contributed by atoms with E-state index in [9.17, 15) is 23.1 Å². The maximum atomic E-state index is 13.1. The molecule has 0 saturated heterocycles. The second kappa shape index (κ2) is 11.0. The van der Waals surface area contributed by atoms with Crippen LogP contribution in [0.2, 0.25) is 0 Å². The Balaban J connectivity index is 1.83. The molecule has 200 valence electrons. The third-order valence-corrected chi connectivity index (χ3v) is 6.05. The largest absolute Gasteiger partial charge is 0.483 e. The maximum absolute atomic E-state index is 13.1. The molecule has 0 saturated carbocycles. The summed E-state index contributed by atoms with van der Waals surface area (Å²) in [4.78, 5) is 17.4. The molecule has 3 rings (SSSR count). The number of benzene rings is 1. The molecule has 1 aromatic carbocycles. The highest BCUT2D eigenvalue weighted by atomic mass is 19.4. The van der Waals surface area contributed by atoms with Gasteiger partial charge in [0.15, 0.2) is 6.61 Å². The zero-order valence-electron chi connectivity index (χ0n) is 21.7. The molecule has 0 aliphatic rings. The normalized spacial score (nSPS) is 13.4. The number of hydrogen-bond donors (Lipinski definition) is 1. The zero-order chi connectivity index (χ0) is 27.4. The van der Waals surface area contributed by atoms with Gasteiger partial charge in [-0.15, -0.1) is 5.10 Å². The Hall–Kier alpha value is -3.27. The molecule has 37 heavy (non-hydrogen) atoms. The van der Waals surface area contributed by atoms with E-state index in [-0.39, 0.29) is 36.4 Å². The summed E-state index contributed by atoms with van der Waals surface area (Å²) in [7, 11) is 0. The molecule has 1 N–H and O–H groups in total. The van der Waals surface area contributed by atoms with Gasteiger partial charge < -0.3 is 9.84 Å². The number of aliphatic hydroxyl groups is 1. The van der Waals surface area contributed by atoms with Crippen LogP contribution in [-0.2, 0) is 22.2 Å². The first-order valence-electron chi connectivity index (χ1n) is 12.0. The van der Waals surface area contributed by atoms with Gasteiger partial charge >= 0.3 is 6.18 Å². The number of halogens is 3. The molecule has 0 radical (unpaired) electrons. The summed E-state index contributed by atoms with van der Waals surface area (Å²) in [5, 5.41) is 18.0. The predicted molar refractivity (Wildman–Crippen MR) is 133 cm³/mol. The highest BCUT2D eigenvalue weighted by Gasteiger charge is 2.29. The minimum absolute atomic E-state index is 0.00342. The first kappa shape index (κ1) is 28.3.